The Morgan fingerprint density at radius 3 is 2.41 bits per heavy atom. The Morgan fingerprint density at radius 1 is 1.18 bits per heavy atom. The van der Waals surface area contributed by atoms with Crippen LogP contribution in [0.15, 0.2) is 18.3 Å². The Labute approximate surface area is 105 Å². The SMILES string of the molecule is COc1cc(-c2cnc(Cl)[nH]2)c(OC)cc1C. The summed E-state index contributed by atoms with van der Waals surface area (Å²) in [4.78, 5) is 6.92. The van der Waals surface area contributed by atoms with Crippen LogP contribution >= 0.6 is 11.6 Å². The Bertz CT molecular complexity index is 537. The lowest BCUT2D eigenvalue weighted by Gasteiger charge is -2.11. The van der Waals surface area contributed by atoms with Gasteiger partial charge in [0.2, 0.25) is 0 Å². The average Bonchev–Trinajstić information content (AvgIpc) is 2.75. The number of H-pyrrole nitrogens is 1. The molecular weight excluding hydrogens is 240 g/mol. The number of benzene rings is 1. The van der Waals surface area contributed by atoms with Gasteiger partial charge in [-0.25, -0.2) is 4.98 Å². The molecule has 1 N–H and O–H groups in total. The number of aromatic amines is 1. The van der Waals surface area contributed by atoms with Crippen LogP contribution in [0.25, 0.3) is 11.3 Å². The van der Waals surface area contributed by atoms with Gasteiger partial charge in [0.05, 0.1) is 26.1 Å². The lowest BCUT2D eigenvalue weighted by atomic mass is 10.1. The third-order valence-electron chi connectivity index (χ3n) is 2.55. The van der Waals surface area contributed by atoms with Crippen molar-refractivity contribution in [2.75, 3.05) is 14.2 Å². The predicted octanol–water partition coefficient (Wildman–Crippen LogP) is 3.06. The van der Waals surface area contributed by atoms with Gasteiger partial charge in [0.15, 0.2) is 5.28 Å². The number of nitrogens with zero attached hydrogens (tertiary/aromatic N) is 1. The number of hydrogen-bond donors (Lipinski definition) is 1. The number of ether oxygens (including phenoxy) is 2. The van der Waals surface area contributed by atoms with Crippen LogP contribution in [0.1, 0.15) is 5.56 Å². The third kappa shape index (κ3) is 2.22. The van der Waals surface area contributed by atoms with Gasteiger partial charge in [-0.3, -0.25) is 0 Å². The van der Waals surface area contributed by atoms with E-state index in [2.05, 4.69) is 9.97 Å². The molecule has 0 bridgehead atoms. The first-order chi connectivity index (χ1) is 8.15. The van der Waals surface area contributed by atoms with Crippen LogP contribution in [0, 0.1) is 6.92 Å². The summed E-state index contributed by atoms with van der Waals surface area (Å²) in [6.45, 7) is 1.96. The van der Waals surface area contributed by atoms with E-state index in [-0.39, 0.29) is 0 Å². The fraction of sp³-hybridized carbons (Fsp3) is 0.250. The summed E-state index contributed by atoms with van der Waals surface area (Å²) in [7, 11) is 3.27. The second-order valence-electron chi connectivity index (χ2n) is 3.61. The molecule has 2 rings (SSSR count). The minimum atomic E-state index is 0.349. The standard InChI is InChI=1S/C12H13ClN2O2/c1-7-4-11(17-3)8(5-10(7)16-2)9-6-14-12(13)15-9/h4-6H,1-3H3,(H,14,15). The molecule has 0 amide bonds. The highest BCUT2D eigenvalue weighted by molar-refractivity contribution is 6.28. The zero-order valence-corrected chi connectivity index (χ0v) is 10.6. The van der Waals surface area contributed by atoms with Crippen LogP contribution in [0.3, 0.4) is 0 Å². The van der Waals surface area contributed by atoms with Crippen molar-refractivity contribution in [2.24, 2.45) is 0 Å². The molecule has 1 aromatic heterocycles. The van der Waals surface area contributed by atoms with Gasteiger partial charge in [-0.2, -0.15) is 0 Å². The van der Waals surface area contributed by atoms with Crippen LogP contribution < -0.4 is 9.47 Å². The van der Waals surface area contributed by atoms with Crippen molar-refractivity contribution in [3.63, 3.8) is 0 Å². The summed E-state index contributed by atoms with van der Waals surface area (Å²) in [6, 6.07) is 3.82. The highest BCUT2D eigenvalue weighted by atomic mass is 35.5. The molecule has 0 aliphatic heterocycles. The first kappa shape index (κ1) is 11.8. The predicted molar refractivity (Wildman–Crippen MR) is 66.9 cm³/mol. The van der Waals surface area contributed by atoms with Crippen molar-refractivity contribution in [3.05, 3.63) is 29.2 Å². The summed E-state index contributed by atoms with van der Waals surface area (Å²) < 4.78 is 10.6. The van der Waals surface area contributed by atoms with E-state index in [1.807, 2.05) is 19.1 Å². The first-order valence-corrected chi connectivity index (χ1v) is 5.47. The van der Waals surface area contributed by atoms with Crippen LogP contribution in [0.5, 0.6) is 11.5 Å². The van der Waals surface area contributed by atoms with Gasteiger partial charge < -0.3 is 14.5 Å². The Hall–Kier alpha value is -1.68. The maximum atomic E-state index is 5.77. The average molecular weight is 253 g/mol. The molecule has 1 aromatic carbocycles. The van der Waals surface area contributed by atoms with Gasteiger partial charge in [0.1, 0.15) is 11.5 Å². The summed E-state index contributed by atoms with van der Waals surface area (Å²) in [5.74, 6) is 1.55. The number of aryl methyl sites for hydroxylation is 1. The van der Waals surface area contributed by atoms with Gasteiger partial charge in [-0.15, -0.1) is 0 Å². The molecule has 0 saturated carbocycles. The highest BCUT2D eigenvalue weighted by Gasteiger charge is 2.12. The van der Waals surface area contributed by atoms with Crippen molar-refractivity contribution in [2.45, 2.75) is 6.92 Å². The largest absolute Gasteiger partial charge is 0.496 e. The Morgan fingerprint density at radius 2 is 1.88 bits per heavy atom. The van der Waals surface area contributed by atoms with Crippen molar-refractivity contribution in [3.8, 4) is 22.8 Å². The van der Waals surface area contributed by atoms with Crippen LogP contribution in [-0.2, 0) is 0 Å². The fourth-order valence-corrected chi connectivity index (χ4v) is 1.85. The number of imidazole rings is 1. The minimum absolute atomic E-state index is 0.349. The molecule has 0 radical (unpaired) electrons. The quantitative estimate of drug-likeness (QED) is 0.913. The Balaban J connectivity index is 2.58. The number of aromatic nitrogens is 2. The lowest BCUT2D eigenvalue weighted by molar-refractivity contribution is 0.401. The topological polar surface area (TPSA) is 47.1 Å². The molecule has 0 unspecified atom stereocenters. The molecule has 1 heterocycles. The van der Waals surface area contributed by atoms with E-state index in [0.717, 1.165) is 28.3 Å². The van der Waals surface area contributed by atoms with Gasteiger partial charge in [-0.05, 0) is 36.2 Å². The van der Waals surface area contributed by atoms with E-state index >= 15 is 0 Å². The molecular formula is C12H13ClN2O2. The second-order valence-corrected chi connectivity index (χ2v) is 3.97. The maximum absolute atomic E-state index is 5.77. The molecule has 0 aliphatic rings. The van der Waals surface area contributed by atoms with Crippen molar-refractivity contribution in [1.29, 1.82) is 0 Å². The molecule has 0 aliphatic carbocycles. The van der Waals surface area contributed by atoms with Crippen LogP contribution in [-0.4, -0.2) is 24.2 Å². The molecule has 0 spiro atoms. The smallest absolute Gasteiger partial charge is 0.200 e. The zero-order valence-electron chi connectivity index (χ0n) is 9.87. The Kier molecular flexibility index (Phi) is 3.24. The molecule has 2 aromatic rings. The molecule has 0 saturated heterocycles. The molecule has 0 fully saturated rings. The van der Waals surface area contributed by atoms with Gasteiger partial charge in [0.25, 0.3) is 0 Å². The molecule has 5 heteroatoms. The monoisotopic (exact) mass is 252 g/mol. The minimum Gasteiger partial charge on any atom is -0.496 e. The number of hydrogen-bond acceptors (Lipinski definition) is 3. The number of methoxy groups -OCH3 is 2. The second kappa shape index (κ2) is 4.67. The van der Waals surface area contributed by atoms with Gasteiger partial charge in [-0.1, -0.05) is 0 Å². The zero-order chi connectivity index (χ0) is 12.4. The first-order valence-electron chi connectivity index (χ1n) is 5.09. The maximum Gasteiger partial charge on any atom is 0.200 e. The fourth-order valence-electron chi connectivity index (χ4n) is 1.69. The van der Waals surface area contributed by atoms with Crippen molar-refractivity contribution >= 4 is 11.6 Å². The summed E-state index contributed by atoms with van der Waals surface area (Å²) >= 11 is 5.77. The van der Waals surface area contributed by atoms with E-state index in [4.69, 9.17) is 21.1 Å². The molecule has 4 nitrogen and oxygen atoms in total. The number of rotatable bonds is 3. The van der Waals surface area contributed by atoms with E-state index in [1.165, 1.54) is 0 Å². The van der Waals surface area contributed by atoms with Gasteiger partial charge >= 0.3 is 0 Å². The van der Waals surface area contributed by atoms with E-state index in [1.54, 1.807) is 20.4 Å². The lowest BCUT2D eigenvalue weighted by Crippen LogP contribution is -1.93. The summed E-state index contributed by atoms with van der Waals surface area (Å²) in [5.41, 5.74) is 2.68. The van der Waals surface area contributed by atoms with E-state index in [9.17, 15) is 0 Å². The summed E-state index contributed by atoms with van der Waals surface area (Å²) in [6.07, 6.45) is 1.66. The van der Waals surface area contributed by atoms with E-state index in [0.29, 0.717) is 5.28 Å². The number of nitrogens with one attached hydrogen (secondary N) is 1. The van der Waals surface area contributed by atoms with Crippen molar-refractivity contribution in [1.82, 2.24) is 9.97 Å². The molecule has 90 valence electrons. The van der Waals surface area contributed by atoms with E-state index < -0.39 is 0 Å². The molecule has 17 heavy (non-hydrogen) atoms. The number of halogens is 1. The van der Waals surface area contributed by atoms with Crippen molar-refractivity contribution < 1.29 is 9.47 Å². The highest BCUT2D eigenvalue weighted by Crippen LogP contribution is 2.35. The van der Waals surface area contributed by atoms with Crippen LogP contribution in [0.4, 0.5) is 0 Å². The normalized spacial score (nSPS) is 10.4. The molecule has 0 atom stereocenters. The van der Waals surface area contributed by atoms with Gasteiger partial charge in [0, 0.05) is 5.56 Å². The van der Waals surface area contributed by atoms with Crippen LogP contribution in [0.2, 0.25) is 5.28 Å². The third-order valence-corrected chi connectivity index (χ3v) is 2.74. The summed E-state index contributed by atoms with van der Waals surface area (Å²) in [5, 5.41) is 0.349.